The first-order chi connectivity index (χ1) is 41.3. The van der Waals surface area contributed by atoms with E-state index in [0.29, 0.717) is 31.7 Å². The van der Waals surface area contributed by atoms with Gasteiger partial charge in [0.15, 0.2) is 0 Å². The van der Waals surface area contributed by atoms with Crippen molar-refractivity contribution in [3.8, 4) is 0 Å². The molecule has 0 spiro atoms. The summed E-state index contributed by atoms with van der Waals surface area (Å²) in [5.74, 6) is 0. The monoisotopic (exact) mass is 1370 g/mol. The molecule has 0 bridgehead atoms. The van der Waals surface area contributed by atoms with Gasteiger partial charge in [-0.1, -0.05) is 263 Å². The third-order valence-electron chi connectivity index (χ3n) is 24.0. The molecular weight excluding hydrogens is 1240 g/mol. The minimum Gasteiger partial charge on any atom is -0.356 e. The van der Waals surface area contributed by atoms with Gasteiger partial charge in [0.25, 0.3) is 0 Å². The molecule has 0 aliphatic heterocycles. The fourth-order valence-electron chi connectivity index (χ4n) is 20.1. The summed E-state index contributed by atoms with van der Waals surface area (Å²) in [6.07, 6.45) is 94.5. The molecule has 0 aromatic heterocycles. The molecule has 8 nitrogen and oxygen atoms in total. The van der Waals surface area contributed by atoms with E-state index in [9.17, 15) is 0 Å². The van der Waals surface area contributed by atoms with Crippen LogP contribution in [0.1, 0.15) is 385 Å². The molecule has 0 amide bonds. The number of rotatable bonds is 12. The number of nitrogens with zero attached hydrogens (tertiary/aromatic N) is 2. The van der Waals surface area contributed by atoms with Gasteiger partial charge in [0.2, 0.25) is 0 Å². The normalized spacial score (nSPS) is 26.1. The fraction of sp³-hybridized carbons (Fsp3) is 1.00. The average molecular weight is 1370 g/mol. The zero-order chi connectivity index (χ0) is 58.8. The second-order valence-electron chi connectivity index (χ2n) is 29.7. The van der Waals surface area contributed by atoms with Crippen molar-refractivity contribution in [3.05, 3.63) is 30.6 Å². The van der Waals surface area contributed by atoms with Gasteiger partial charge in [-0.05, 0) is 222 Å². The Morgan fingerprint density at radius 2 is 0.221 bits per heavy atom. The Balaban J connectivity index is 0.000000199. The van der Waals surface area contributed by atoms with E-state index in [-0.39, 0.29) is 34.1 Å². The SMILES string of the molecule is C1CCC(P(C2CCCCC2)C2CCCCC2)CC1.C1CCC(P(C2CCCCC2)C2CCCCC2)CC1.C1CCC(P(C2CCCCC2)C2CCCCC2)CC1.C1CCC(P(C2CCCCC2)C2CCCCC2)CC1.O=[N+]([O-])[O-].O=[N+]([O-])[O-].[Cu+].[Cu+]. The Morgan fingerprint density at radius 3 is 0.279 bits per heavy atom. The van der Waals surface area contributed by atoms with Gasteiger partial charge < -0.3 is 30.6 Å². The van der Waals surface area contributed by atoms with Crippen LogP contribution < -0.4 is 0 Å². The van der Waals surface area contributed by atoms with Crippen LogP contribution in [0.2, 0.25) is 0 Å². The summed E-state index contributed by atoms with van der Waals surface area (Å²) in [7, 11) is 1.54. The molecule has 0 atom stereocenters. The summed E-state index contributed by atoms with van der Waals surface area (Å²) < 4.78 is 0. The molecule has 0 unspecified atom stereocenters. The van der Waals surface area contributed by atoms with E-state index in [4.69, 9.17) is 30.6 Å². The Labute approximate surface area is 556 Å². The van der Waals surface area contributed by atoms with Crippen LogP contribution in [0, 0.1) is 30.6 Å². The Morgan fingerprint density at radius 1 is 0.163 bits per heavy atom. The van der Waals surface area contributed by atoms with E-state index in [1.807, 2.05) is 0 Å². The van der Waals surface area contributed by atoms with Crippen molar-refractivity contribution in [1.82, 2.24) is 0 Å². The van der Waals surface area contributed by atoms with Gasteiger partial charge in [0, 0.05) is 0 Å². The van der Waals surface area contributed by atoms with Crippen molar-refractivity contribution in [2.45, 2.75) is 453 Å². The van der Waals surface area contributed by atoms with Crippen LogP contribution in [-0.4, -0.2) is 78.1 Å². The predicted octanol–water partition coefficient (Wildman–Crippen LogP) is 25.4. The molecule has 12 fully saturated rings. The van der Waals surface area contributed by atoms with Crippen LogP contribution in [0.25, 0.3) is 0 Å². The van der Waals surface area contributed by atoms with E-state index >= 15 is 0 Å². The molecule has 12 aliphatic carbocycles. The van der Waals surface area contributed by atoms with Gasteiger partial charge >= 0.3 is 34.1 Å². The maximum atomic E-state index is 8.25. The summed E-state index contributed by atoms with van der Waals surface area (Å²) in [5, 5.41) is 29.5. The van der Waals surface area contributed by atoms with Crippen molar-refractivity contribution in [3.63, 3.8) is 0 Å². The molecule has 12 saturated carbocycles. The molecule has 0 aromatic rings. The molecule has 0 N–H and O–H groups in total. The number of hydrogen-bond acceptors (Lipinski definition) is 6. The third-order valence-corrected chi connectivity index (χ3v) is 40.3. The summed E-state index contributed by atoms with van der Waals surface area (Å²) >= 11 is 0. The van der Waals surface area contributed by atoms with Crippen molar-refractivity contribution in [2.24, 2.45) is 0 Å². The maximum absolute atomic E-state index is 8.25. The average Bonchev–Trinajstić information content (AvgIpc) is 3.74. The number of hydrogen-bond donors (Lipinski definition) is 0. The molecule has 14 heteroatoms. The first kappa shape index (κ1) is 77.9. The molecule has 508 valence electrons. The molecule has 0 aromatic carbocycles. The van der Waals surface area contributed by atoms with Crippen LogP contribution in [0.3, 0.4) is 0 Å². The third kappa shape index (κ3) is 28.6. The quantitative estimate of drug-likeness (QED) is 0.0827. The summed E-state index contributed by atoms with van der Waals surface area (Å²) in [6, 6.07) is 0. The molecule has 0 heterocycles. The second-order valence-corrected chi connectivity index (χ2v) is 42.1. The summed E-state index contributed by atoms with van der Waals surface area (Å²) in [4.78, 5) is 16.5. The molecule has 0 saturated heterocycles. The van der Waals surface area contributed by atoms with Gasteiger partial charge in [-0.3, -0.25) is 0 Å². The van der Waals surface area contributed by atoms with Crippen LogP contribution in [0.15, 0.2) is 0 Å². The fourth-order valence-corrected chi connectivity index (χ4v) is 38.8. The van der Waals surface area contributed by atoms with Gasteiger partial charge in [0.05, 0.1) is 10.2 Å². The topological polar surface area (TPSA) is 132 Å². The smallest absolute Gasteiger partial charge is 0.356 e. The minimum absolute atomic E-state index is 0. The largest absolute Gasteiger partial charge is 1.00 e. The van der Waals surface area contributed by atoms with E-state index in [1.54, 1.807) is 308 Å². The van der Waals surface area contributed by atoms with Crippen molar-refractivity contribution in [2.75, 3.05) is 0 Å². The maximum Gasteiger partial charge on any atom is 1.00 e. The van der Waals surface area contributed by atoms with E-state index in [0.717, 1.165) is 0 Å². The van der Waals surface area contributed by atoms with Gasteiger partial charge in [0.1, 0.15) is 0 Å². The van der Waals surface area contributed by atoms with Crippen LogP contribution in [-0.2, 0) is 34.1 Å². The zero-order valence-electron chi connectivity index (χ0n) is 55.1. The predicted molar refractivity (Wildman–Crippen MR) is 371 cm³/mol. The first-order valence-electron chi connectivity index (χ1n) is 38.0. The van der Waals surface area contributed by atoms with Crippen molar-refractivity contribution >= 4 is 31.7 Å². The Kier molecular flexibility index (Phi) is 42.7. The summed E-state index contributed by atoms with van der Waals surface area (Å²) in [5.41, 5.74) is 14.3. The van der Waals surface area contributed by atoms with E-state index in [1.165, 1.54) is 145 Å². The minimum atomic E-state index is -1.75. The Bertz CT molecular complexity index is 1250. The van der Waals surface area contributed by atoms with E-state index in [2.05, 4.69) is 0 Å². The molecule has 0 radical (unpaired) electrons. The Hall–Kier alpha value is 1.16. The van der Waals surface area contributed by atoms with Gasteiger partial charge in [-0.25, -0.2) is 0 Å². The molecule has 86 heavy (non-hydrogen) atoms. The van der Waals surface area contributed by atoms with Gasteiger partial charge in [-0.2, -0.15) is 0 Å². The van der Waals surface area contributed by atoms with Crippen LogP contribution >= 0.6 is 31.7 Å². The second kappa shape index (κ2) is 47.1. The molecule has 12 rings (SSSR count). The summed E-state index contributed by atoms with van der Waals surface area (Å²) in [6.45, 7) is 0. The van der Waals surface area contributed by atoms with Crippen molar-refractivity contribution in [1.29, 1.82) is 0 Å². The molecular formula is C72H132Cu2N2O6P4. The van der Waals surface area contributed by atoms with Gasteiger partial charge in [-0.15, -0.1) is 0 Å². The van der Waals surface area contributed by atoms with E-state index < -0.39 is 10.2 Å². The standard InChI is InChI=1S/4C18H33P.2Cu.2NO3/c4*1-4-10-16(11-5-1)19(17-12-6-2-7-13-17)18-14-8-3-9-15-18;;;2*2-1(3)4/h4*16-18H,1-15H2;;;;/q;;;;2*+1;2*-1. The molecule has 12 aliphatic rings. The zero-order valence-corrected chi connectivity index (χ0v) is 60.6. The first-order valence-corrected chi connectivity index (χ1v) is 44.2. The van der Waals surface area contributed by atoms with Crippen molar-refractivity contribution < 1.29 is 44.3 Å². The van der Waals surface area contributed by atoms with Crippen LogP contribution in [0.4, 0.5) is 0 Å². The van der Waals surface area contributed by atoms with Crippen LogP contribution in [0.5, 0.6) is 0 Å².